The molecule has 1 unspecified atom stereocenters. The number of rotatable bonds is 3. The third-order valence-electron chi connectivity index (χ3n) is 4.30. The van der Waals surface area contributed by atoms with Crippen LogP contribution in [-0.2, 0) is 23.2 Å². The van der Waals surface area contributed by atoms with Gasteiger partial charge >= 0.3 is 119 Å². The van der Waals surface area contributed by atoms with Gasteiger partial charge in [0.25, 0.3) is 0 Å². The molecule has 106 valence electrons. The Labute approximate surface area is 143 Å². The molecular weight excluding hydrogens is 374 g/mol. The van der Waals surface area contributed by atoms with Gasteiger partial charge in [-0.2, -0.15) is 0 Å². The minimum atomic E-state index is -0.765. The number of halogens is 2. The molecule has 0 saturated heterocycles. The largest absolute Gasteiger partial charge is 0.147 e. The Kier molecular flexibility index (Phi) is 7.62. The minimum Gasteiger partial charge on any atom is -0.147 e. The summed E-state index contributed by atoms with van der Waals surface area (Å²) in [5.41, 5.74) is 1.60. The molecule has 0 aliphatic heterocycles. The van der Waals surface area contributed by atoms with Gasteiger partial charge in [-0.1, -0.05) is 0 Å². The number of hydrogen-bond donors (Lipinski definition) is 1. The van der Waals surface area contributed by atoms with Crippen molar-refractivity contribution in [2.75, 3.05) is 0 Å². The third kappa shape index (κ3) is 3.37. The molecule has 1 nitrogen and oxygen atoms in total. The maximum absolute atomic E-state index is 10.4. The van der Waals surface area contributed by atoms with Gasteiger partial charge in [0.2, 0.25) is 0 Å². The van der Waals surface area contributed by atoms with E-state index in [1.807, 2.05) is 0 Å². The molecule has 0 aromatic heterocycles. The summed E-state index contributed by atoms with van der Waals surface area (Å²) in [5.74, 6) is 0.679. The zero-order valence-electron chi connectivity index (χ0n) is 11.9. The minimum absolute atomic E-state index is 0. The first kappa shape index (κ1) is 19.4. The van der Waals surface area contributed by atoms with Gasteiger partial charge in [0.05, 0.1) is 0 Å². The van der Waals surface area contributed by atoms with Crippen LogP contribution < -0.4 is 0 Å². The summed E-state index contributed by atoms with van der Waals surface area (Å²) < 4.78 is 3.01. The average Bonchev–Trinajstić information content (AvgIpc) is 2.89. The number of aliphatic hydroxyl groups excluding tert-OH is 1. The second kappa shape index (κ2) is 7.45. The van der Waals surface area contributed by atoms with E-state index in [0.717, 1.165) is 23.1 Å². The molecule has 0 bridgehead atoms. The standard InChI is InChI=1S/C9H15OSi.C5H5.2ClH.Zr/c1-4-9(3)5-7(10)8(11)6(9)2;1-2-4-5-3-1;;;/h10H,4H2,1-3,11H3;1-3H,4H2;2*1H;. The third-order valence-corrected chi connectivity index (χ3v) is 9.78. The summed E-state index contributed by atoms with van der Waals surface area (Å²) >= 11 is -0.765. The van der Waals surface area contributed by atoms with Crippen molar-refractivity contribution in [2.45, 2.75) is 33.6 Å². The maximum Gasteiger partial charge on any atom is -0.147 e. The Morgan fingerprint density at radius 3 is 2.53 bits per heavy atom. The average molecular weight is 397 g/mol. The fraction of sp³-hybridized carbons (Fsp3) is 0.429. The molecule has 0 aromatic rings. The molecule has 0 heterocycles. The quantitative estimate of drug-likeness (QED) is 0.723. The van der Waals surface area contributed by atoms with Gasteiger partial charge in [-0.15, -0.1) is 24.8 Å². The van der Waals surface area contributed by atoms with E-state index in [9.17, 15) is 5.11 Å². The molecule has 5 heteroatoms. The fourth-order valence-electron chi connectivity index (χ4n) is 2.57. The molecule has 0 saturated carbocycles. The summed E-state index contributed by atoms with van der Waals surface area (Å²) in [6.45, 7) is 6.79. The number of aliphatic hydroxyl groups is 1. The van der Waals surface area contributed by atoms with Crippen molar-refractivity contribution in [3.8, 4) is 0 Å². The molecule has 2 aliphatic carbocycles. The monoisotopic (exact) mass is 394 g/mol. The first-order chi connectivity index (χ1) is 8.00. The van der Waals surface area contributed by atoms with Crippen LogP contribution in [0.1, 0.15) is 33.6 Å². The van der Waals surface area contributed by atoms with Crippen LogP contribution in [0.15, 0.2) is 41.3 Å². The van der Waals surface area contributed by atoms with Gasteiger partial charge < -0.3 is 0 Å². The van der Waals surface area contributed by atoms with Crippen molar-refractivity contribution in [2.24, 2.45) is 5.41 Å². The van der Waals surface area contributed by atoms with Crippen LogP contribution in [0.2, 0.25) is 0 Å². The summed E-state index contributed by atoms with van der Waals surface area (Å²) in [5, 5.41) is 11.7. The van der Waals surface area contributed by atoms with Crippen LogP contribution in [0.5, 0.6) is 0 Å². The van der Waals surface area contributed by atoms with Crippen LogP contribution in [0.25, 0.3) is 0 Å². The Bertz CT molecular complexity index is 480. The van der Waals surface area contributed by atoms with Crippen molar-refractivity contribution in [1.82, 2.24) is 0 Å². The molecule has 0 amide bonds. The molecule has 1 N–H and O–H groups in total. The Morgan fingerprint density at radius 1 is 1.42 bits per heavy atom. The Hall–Kier alpha value is 0.440. The molecule has 0 fully saturated rings. The van der Waals surface area contributed by atoms with E-state index in [2.05, 4.69) is 39.0 Å². The Balaban J connectivity index is 0.00000162. The van der Waals surface area contributed by atoms with Crippen molar-refractivity contribution < 1.29 is 28.3 Å². The van der Waals surface area contributed by atoms with E-state index in [0.29, 0.717) is 5.76 Å². The van der Waals surface area contributed by atoms with E-state index < -0.39 is 23.2 Å². The molecule has 0 radical (unpaired) electrons. The van der Waals surface area contributed by atoms with Gasteiger partial charge in [0.15, 0.2) is 0 Å². The molecule has 1 atom stereocenters. The zero-order chi connectivity index (χ0) is 12.6. The molecule has 2 rings (SSSR count). The van der Waals surface area contributed by atoms with E-state index in [1.54, 1.807) is 3.28 Å². The van der Waals surface area contributed by atoms with Crippen LogP contribution in [-0.4, -0.2) is 15.3 Å². The van der Waals surface area contributed by atoms with E-state index in [1.165, 1.54) is 14.1 Å². The van der Waals surface area contributed by atoms with Crippen molar-refractivity contribution >= 4 is 35.1 Å². The van der Waals surface area contributed by atoms with E-state index >= 15 is 0 Å². The molecule has 0 spiro atoms. The SMILES string of the molecule is CCC1(C)C(C)=C([SiH3])C(O)=[C]1[Zr][C]1=CC=CC1.Cl.Cl. The summed E-state index contributed by atoms with van der Waals surface area (Å²) in [6.07, 6.45) is 8.90. The fourth-order valence-corrected chi connectivity index (χ4v) is 8.08. The van der Waals surface area contributed by atoms with Crippen molar-refractivity contribution in [1.29, 1.82) is 0 Å². The predicted molar refractivity (Wildman–Crippen MR) is 87.0 cm³/mol. The zero-order valence-corrected chi connectivity index (χ0v) is 18.0. The van der Waals surface area contributed by atoms with Crippen LogP contribution in [0.3, 0.4) is 0 Å². The molecular formula is C14H22Cl2OSiZr. The van der Waals surface area contributed by atoms with Crippen LogP contribution in [0, 0.1) is 5.41 Å². The van der Waals surface area contributed by atoms with Gasteiger partial charge in [0, 0.05) is 0 Å². The maximum atomic E-state index is 10.4. The summed E-state index contributed by atoms with van der Waals surface area (Å²) in [6, 6.07) is 0. The second-order valence-corrected chi connectivity index (χ2v) is 9.53. The van der Waals surface area contributed by atoms with Gasteiger partial charge in [-0.05, 0) is 0 Å². The first-order valence-corrected chi connectivity index (χ1v) is 9.71. The van der Waals surface area contributed by atoms with Gasteiger partial charge in [-0.3, -0.25) is 0 Å². The van der Waals surface area contributed by atoms with Crippen LogP contribution >= 0.6 is 24.8 Å². The first-order valence-electron chi connectivity index (χ1n) is 6.25. The summed E-state index contributed by atoms with van der Waals surface area (Å²) in [4.78, 5) is 0. The Morgan fingerprint density at radius 2 is 2.05 bits per heavy atom. The van der Waals surface area contributed by atoms with Gasteiger partial charge in [-0.25, -0.2) is 0 Å². The topological polar surface area (TPSA) is 20.2 Å². The van der Waals surface area contributed by atoms with Crippen molar-refractivity contribution in [3.05, 3.63) is 41.3 Å². The number of allylic oxidation sites excluding steroid dienone is 7. The molecule has 19 heavy (non-hydrogen) atoms. The van der Waals surface area contributed by atoms with Gasteiger partial charge in [0.1, 0.15) is 0 Å². The molecule has 2 aliphatic rings. The number of hydrogen-bond acceptors (Lipinski definition) is 1. The van der Waals surface area contributed by atoms with E-state index in [-0.39, 0.29) is 30.2 Å². The van der Waals surface area contributed by atoms with E-state index in [4.69, 9.17) is 0 Å². The summed E-state index contributed by atoms with van der Waals surface area (Å²) in [7, 11) is 0.967. The second-order valence-electron chi connectivity index (χ2n) is 5.11. The molecule has 0 aromatic carbocycles. The van der Waals surface area contributed by atoms with Crippen LogP contribution in [0.4, 0.5) is 0 Å². The predicted octanol–water partition coefficient (Wildman–Crippen LogP) is 3.60. The van der Waals surface area contributed by atoms with Crippen molar-refractivity contribution in [3.63, 3.8) is 0 Å². The smallest absolute Gasteiger partial charge is 0.147 e. The normalized spacial score (nSPS) is 25.3.